The maximum absolute atomic E-state index is 12.3. The van der Waals surface area contributed by atoms with Crippen molar-refractivity contribution in [3.63, 3.8) is 0 Å². The number of nitrogens with one attached hydrogen (secondary N) is 1. The SMILES string of the molecule is Cc1ccccc1CNC(=O)Cn1ccnc1[C@H](O)c1ccccc1. The van der Waals surface area contributed by atoms with Gasteiger partial charge in [-0.05, 0) is 23.6 Å². The molecule has 2 aromatic carbocycles. The van der Waals surface area contributed by atoms with Crippen molar-refractivity contribution in [3.8, 4) is 0 Å². The van der Waals surface area contributed by atoms with E-state index < -0.39 is 6.10 Å². The van der Waals surface area contributed by atoms with Gasteiger partial charge in [0, 0.05) is 18.9 Å². The molecule has 25 heavy (non-hydrogen) atoms. The summed E-state index contributed by atoms with van der Waals surface area (Å²) in [7, 11) is 0. The van der Waals surface area contributed by atoms with Gasteiger partial charge >= 0.3 is 0 Å². The zero-order chi connectivity index (χ0) is 17.6. The van der Waals surface area contributed by atoms with Gasteiger partial charge in [-0.25, -0.2) is 4.98 Å². The van der Waals surface area contributed by atoms with E-state index in [1.54, 1.807) is 17.0 Å². The van der Waals surface area contributed by atoms with E-state index >= 15 is 0 Å². The van der Waals surface area contributed by atoms with Crippen LogP contribution in [0.2, 0.25) is 0 Å². The molecule has 0 aliphatic carbocycles. The highest BCUT2D eigenvalue weighted by atomic mass is 16.3. The standard InChI is InChI=1S/C20H21N3O2/c1-15-7-5-6-10-17(15)13-22-18(24)14-23-12-11-21-20(23)19(25)16-8-3-2-4-9-16/h2-12,19,25H,13-14H2,1H3,(H,22,24)/t19-/m1/s1. The Labute approximate surface area is 147 Å². The predicted molar refractivity (Wildman–Crippen MR) is 95.8 cm³/mol. The summed E-state index contributed by atoms with van der Waals surface area (Å²) in [6.07, 6.45) is 2.44. The zero-order valence-electron chi connectivity index (χ0n) is 14.1. The number of hydrogen-bond donors (Lipinski definition) is 2. The third kappa shape index (κ3) is 4.14. The maximum Gasteiger partial charge on any atom is 0.240 e. The van der Waals surface area contributed by atoms with Crippen molar-refractivity contribution >= 4 is 5.91 Å². The molecule has 0 bridgehead atoms. The molecule has 0 spiro atoms. The van der Waals surface area contributed by atoms with Gasteiger partial charge in [0.05, 0.1) is 0 Å². The lowest BCUT2D eigenvalue weighted by Gasteiger charge is -2.14. The Morgan fingerprint density at radius 3 is 2.64 bits per heavy atom. The molecule has 0 aliphatic heterocycles. The number of aliphatic hydroxyl groups is 1. The fourth-order valence-electron chi connectivity index (χ4n) is 2.70. The van der Waals surface area contributed by atoms with Gasteiger partial charge in [-0.15, -0.1) is 0 Å². The number of amides is 1. The van der Waals surface area contributed by atoms with Crippen molar-refractivity contribution in [1.29, 1.82) is 0 Å². The van der Waals surface area contributed by atoms with Crippen molar-refractivity contribution in [2.75, 3.05) is 0 Å². The highest BCUT2D eigenvalue weighted by Crippen LogP contribution is 2.20. The summed E-state index contributed by atoms with van der Waals surface area (Å²) in [5.41, 5.74) is 2.98. The molecule has 0 aliphatic rings. The Kier molecular flexibility index (Phi) is 5.26. The molecule has 0 saturated heterocycles. The number of aromatic nitrogens is 2. The van der Waals surface area contributed by atoms with Crippen LogP contribution in [-0.4, -0.2) is 20.6 Å². The monoisotopic (exact) mass is 335 g/mol. The average molecular weight is 335 g/mol. The first-order chi connectivity index (χ1) is 12.1. The van der Waals surface area contributed by atoms with E-state index in [-0.39, 0.29) is 12.5 Å². The van der Waals surface area contributed by atoms with Gasteiger partial charge in [0.1, 0.15) is 18.5 Å². The second-order valence-electron chi connectivity index (χ2n) is 5.93. The Hall–Kier alpha value is -2.92. The second-order valence-corrected chi connectivity index (χ2v) is 5.93. The summed E-state index contributed by atoms with van der Waals surface area (Å²) in [6, 6.07) is 17.2. The molecular weight excluding hydrogens is 314 g/mol. The summed E-state index contributed by atoms with van der Waals surface area (Å²) >= 11 is 0. The van der Waals surface area contributed by atoms with Crippen molar-refractivity contribution in [2.45, 2.75) is 26.1 Å². The van der Waals surface area contributed by atoms with Crippen LogP contribution in [0, 0.1) is 6.92 Å². The van der Waals surface area contributed by atoms with Crippen molar-refractivity contribution in [1.82, 2.24) is 14.9 Å². The predicted octanol–water partition coefficient (Wildman–Crippen LogP) is 2.59. The largest absolute Gasteiger partial charge is 0.380 e. The molecule has 1 amide bonds. The number of nitrogens with zero attached hydrogens (tertiary/aromatic N) is 2. The average Bonchev–Trinajstić information content (AvgIpc) is 3.09. The molecule has 3 aromatic rings. The van der Waals surface area contributed by atoms with Gasteiger partial charge in [-0.2, -0.15) is 0 Å². The first kappa shape index (κ1) is 16.9. The quantitative estimate of drug-likeness (QED) is 0.727. The van der Waals surface area contributed by atoms with E-state index in [0.717, 1.165) is 16.7 Å². The number of benzene rings is 2. The van der Waals surface area contributed by atoms with E-state index in [0.29, 0.717) is 12.4 Å². The minimum atomic E-state index is -0.861. The van der Waals surface area contributed by atoms with Gasteiger partial charge in [0.2, 0.25) is 5.91 Å². The summed E-state index contributed by atoms with van der Waals surface area (Å²) < 4.78 is 1.67. The summed E-state index contributed by atoms with van der Waals surface area (Å²) in [5, 5.41) is 13.4. The number of aliphatic hydroxyl groups excluding tert-OH is 1. The van der Waals surface area contributed by atoms with Crippen LogP contribution in [0.1, 0.15) is 28.6 Å². The van der Waals surface area contributed by atoms with Gasteiger partial charge in [-0.1, -0.05) is 54.6 Å². The molecule has 0 fully saturated rings. The fraction of sp³-hybridized carbons (Fsp3) is 0.200. The zero-order valence-corrected chi connectivity index (χ0v) is 14.1. The highest BCUT2D eigenvalue weighted by Gasteiger charge is 2.17. The maximum atomic E-state index is 12.3. The third-order valence-corrected chi connectivity index (χ3v) is 4.16. The number of carbonyl (C=O) groups excluding carboxylic acids is 1. The number of hydrogen-bond acceptors (Lipinski definition) is 3. The molecule has 0 unspecified atom stereocenters. The van der Waals surface area contributed by atoms with Crippen LogP contribution in [0.4, 0.5) is 0 Å². The van der Waals surface area contributed by atoms with Crippen LogP contribution in [0.3, 0.4) is 0 Å². The molecular formula is C20H21N3O2. The molecule has 128 valence electrons. The van der Waals surface area contributed by atoms with E-state index in [9.17, 15) is 9.90 Å². The molecule has 0 saturated carbocycles. The van der Waals surface area contributed by atoms with Crippen LogP contribution in [0.25, 0.3) is 0 Å². The summed E-state index contributed by atoms with van der Waals surface area (Å²) in [6.45, 7) is 2.62. The van der Waals surface area contributed by atoms with Crippen LogP contribution >= 0.6 is 0 Å². The van der Waals surface area contributed by atoms with Crippen LogP contribution in [0.15, 0.2) is 67.0 Å². The van der Waals surface area contributed by atoms with Gasteiger partial charge < -0.3 is 15.0 Å². The third-order valence-electron chi connectivity index (χ3n) is 4.16. The Bertz CT molecular complexity index is 843. The van der Waals surface area contributed by atoms with Crippen molar-refractivity contribution < 1.29 is 9.90 Å². The van der Waals surface area contributed by atoms with E-state index in [4.69, 9.17) is 0 Å². The number of aryl methyl sites for hydroxylation is 1. The molecule has 0 radical (unpaired) electrons. The lowest BCUT2D eigenvalue weighted by molar-refractivity contribution is -0.121. The van der Waals surface area contributed by atoms with Crippen LogP contribution < -0.4 is 5.32 Å². The summed E-state index contributed by atoms with van der Waals surface area (Å²) in [4.78, 5) is 16.5. The molecule has 5 nitrogen and oxygen atoms in total. The molecule has 1 aromatic heterocycles. The van der Waals surface area contributed by atoms with E-state index in [1.807, 2.05) is 61.5 Å². The Balaban J connectivity index is 1.65. The molecule has 3 rings (SSSR count). The molecule has 5 heteroatoms. The molecule has 1 heterocycles. The first-order valence-corrected chi connectivity index (χ1v) is 8.20. The van der Waals surface area contributed by atoms with Gasteiger partial charge in [-0.3, -0.25) is 4.79 Å². The van der Waals surface area contributed by atoms with Crippen molar-refractivity contribution in [2.24, 2.45) is 0 Å². The fourth-order valence-corrected chi connectivity index (χ4v) is 2.70. The van der Waals surface area contributed by atoms with E-state index in [2.05, 4.69) is 10.3 Å². The van der Waals surface area contributed by atoms with Gasteiger partial charge in [0.25, 0.3) is 0 Å². The Morgan fingerprint density at radius 2 is 1.88 bits per heavy atom. The number of carbonyl (C=O) groups is 1. The minimum Gasteiger partial charge on any atom is -0.380 e. The van der Waals surface area contributed by atoms with Crippen LogP contribution in [-0.2, 0) is 17.9 Å². The normalized spacial score (nSPS) is 11.9. The van der Waals surface area contributed by atoms with E-state index in [1.165, 1.54) is 0 Å². The first-order valence-electron chi connectivity index (χ1n) is 8.20. The lowest BCUT2D eigenvalue weighted by atomic mass is 10.1. The Morgan fingerprint density at radius 1 is 1.16 bits per heavy atom. The number of rotatable bonds is 6. The van der Waals surface area contributed by atoms with Crippen LogP contribution in [0.5, 0.6) is 0 Å². The van der Waals surface area contributed by atoms with Gasteiger partial charge in [0.15, 0.2) is 0 Å². The second kappa shape index (κ2) is 7.77. The topological polar surface area (TPSA) is 67.2 Å². The molecule has 2 N–H and O–H groups in total. The van der Waals surface area contributed by atoms with Crippen molar-refractivity contribution in [3.05, 3.63) is 89.5 Å². The summed E-state index contributed by atoms with van der Waals surface area (Å²) in [5.74, 6) is 0.333. The molecule has 1 atom stereocenters. The minimum absolute atomic E-state index is 0.116. The lowest BCUT2D eigenvalue weighted by Crippen LogP contribution is -2.28. The smallest absolute Gasteiger partial charge is 0.240 e. The highest BCUT2D eigenvalue weighted by molar-refractivity contribution is 5.75. The number of imidazole rings is 1.